The molecule has 28 rings (SSSR count). The number of carbonyl (C=O) groups excluding carboxylic acids is 10. The van der Waals surface area contributed by atoms with Gasteiger partial charge in [0.15, 0.2) is 6.10 Å². The Balaban J connectivity index is 0.0000000807. The molecule has 14 saturated heterocycles. The molecule has 16 aliphatic heterocycles. The summed E-state index contributed by atoms with van der Waals surface area (Å²) in [6, 6.07) is 0. The molecule has 20 fully saturated rings. The molecule has 97 heavy (non-hydrogen) atoms. The summed E-state index contributed by atoms with van der Waals surface area (Å²) in [6.45, 7) is 1.10. The molecule has 6 saturated carbocycles. The molecule has 27 nitrogen and oxygen atoms in total. The van der Waals surface area contributed by atoms with Crippen LogP contribution in [0.3, 0.4) is 0 Å². The third kappa shape index (κ3) is 9.83. The lowest BCUT2D eigenvalue weighted by Crippen LogP contribution is -2.40. The first-order valence-corrected chi connectivity index (χ1v) is 36.1. The summed E-state index contributed by atoms with van der Waals surface area (Å²) in [7, 11) is -3.45. The summed E-state index contributed by atoms with van der Waals surface area (Å²) < 4.78 is 82.9. The van der Waals surface area contributed by atoms with Gasteiger partial charge in [-0.05, 0) is 117 Å². The summed E-state index contributed by atoms with van der Waals surface area (Å²) in [6.07, 6.45) is 27.1. The zero-order valence-corrected chi connectivity index (χ0v) is 53.0. The molecule has 0 aromatic heterocycles. The minimum atomic E-state index is -3.45. The Labute approximate surface area is 554 Å². The number of hydrogen-bond donors (Lipinski definition) is 3. The number of fused-ring (bicyclic) bond motifs is 13. The maximum atomic E-state index is 11.5. The summed E-state index contributed by atoms with van der Waals surface area (Å²) in [5.41, 5.74) is -0.00347. The molecule has 36 atom stereocenters. The number of hydrogen-bond acceptors (Lipinski definition) is 27. The molecule has 0 radical (unpaired) electrons. The molecular formula is C69H74O27S. The number of carbonyl (C=O) groups is 10. The van der Waals surface area contributed by atoms with Crippen LogP contribution in [-0.4, -0.2) is 187 Å². The second kappa shape index (κ2) is 22.8. The minimum absolute atomic E-state index is 0.00347. The molecular weight excluding hydrogens is 1290 g/mol. The number of aliphatic hydroxyl groups excluding tert-OH is 3. The van der Waals surface area contributed by atoms with E-state index < -0.39 is 39.8 Å². The predicted molar refractivity (Wildman–Crippen MR) is 314 cm³/mol. The quantitative estimate of drug-likeness (QED) is 0.0997. The van der Waals surface area contributed by atoms with Crippen LogP contribution in [-0.2, 0) is 114 Å². The molecule has 16 heterocycles. The monoisotopic (exact) mass is 1370 g/mol. The van der Waals surface area contributed by atoms with Gasteiger partial charge in [0.2, 0.25) is 0 Å². The van der Waals surface area contributed by atoms with Gasteiger partial charge >= 0.3 is 59.7 Å². The van der Waals surface area contributed by atoms with Crippen molar-refractivity contribution in [2.75, 3.05) is 13.2 Å². The lowest BCUT2D eigenvalue weighted by atomic mass is 9.63. The molecule has 16 bridgehead atoms. The highest BCUT2D eigenvalue weighted by Crippen LogP contribution is 2.65. The van der Waals surface area contributed by atoms with Gasteiger partial charge in [-0.1, -0.05) is 60.8 Å². The van der Waals surface area contributed by atoms with Crippen LogP contribution in [0.2, 0.25) is 0 Å². The average Bonchev–Trinajstić information content (AvgIpc) is 1.62. The normalized spacial score (nSPS) is 53.2. The highest BCUT2D eigenvalue weighted by molar-refractivity contribution is 7.87. The van der Waals surface area contributed by atoms with Crippen LogP contribution >= 0.6 is 0 Å². The first kappa shape index (κ1) is 62.9. The van der Waals surface area contributed by atoms with Gasteiger partial charge in [0.05, 0.1) is 109 Å². The highest BCUT2D eigenvalue weighted by Gasteiger charge is 2.69. The van der Waals surface area contributed by atoms with Crippen LogP contribution in [0.4, 0.5) is 0 Å². The van der Waals surface area contributed by atoms with Gasteiger partial charge in [-0.15, -0.1) is 0 Å². The fourth-order valence-electron chi connectivity index (χ4n) is 21.5. The van der Waals surface area contributed by atoms with Crippen molar-refractivity contribution in [3.05, 3.63) is 60.8 Å². The van der Waals surface area contributed by atoms with E-state index in [-0.39, 0.29) is 203 Å². The molecule has 28 heteroatoms. The number of allylic oxidation sites excluding steroid dienone is 6. The lowest BCUT2D eigenvalue weighted by Gasteiger charge is -2.37. The zero-order valence-electron chi connectivity index (χ0n) is 52.2. The Morgan fingerprint density at radius 2 is 0.969 bits per heavy atom. The molecule has 0 aromatic carbocycles. The molecule has 3 N–H and O–H groups in total. The van der Waals surface area contributed by atoms with Crippen LogP contribution in [0, 0.1) is 124 Å². The first-order valence-electron chi connectivity index (χ1n) is 34.6. The summed E-state index contributed by atoms with van der Waals surface area (Å²) in [5.74, 6) is 0.976. The molecule has 0 amide bonds. The van der Waals surface area contributed by atoms with E-state index in [9.17, 15) is 71.7 Å². The third-order valence-corrected chi connectivity index (χ3v) is 27.9. The molecule has 1 spiro atoms. The van der Waals surface area contributed by atoms with Crippen LogP contribution in [0.15, 0.2) is 60.8 Å². The van der Waals surface area contributed by atoms with E-state index in [1.807, 2.05) is 12.2 Å². The molecule has 36 unspecified atom stereocenters. The second-order valence-electron chi connectivity index (χ2n) is 30.9. The van der Waals surface area contributed by atoms with Gasteiger partial charge < -0.3 is 67.4 Å². The van der Waals surface area contributed by atoms with E-state index in [1.165, 1.54) is 6.42 Å². The van der Waals surface area contributed by atoms with Crippen molar-refractivity contribution in [2.24, 2.45) is 124 Å². The lowest BCUT2D eigenvalue weighted by molar-refractivity contribution is -0.155. The smallest absolute Gasteiger partial charge is 0.318 e. The van der Waals surface area contributed by atoms with Crippen molar-refractivity contribution in [1.29, 1.82) is 0 Å². The Kier molecular flexibility index (Phi) is 14.8. The van der Waals surface area contributed by atoms with Crippen LogP contribution in [0.25, 0.3) is 0 Å². The number of esters is 10. The highest BCUT2D eigenvalue weighted by atomic mass is 32.2. The van der Waals surface area contributed by atoms with Gasteiger partial charge in [-0.25, -0.2) is 0 Å². The number of cyclic esters (lactones) is 8. The van der Waals surface area contributed by atoms with Crippen molar-refractivity contribution in [1.82, 2.24) is 0 Å². The Morgan fingerprint density at radius 3 is 1.45 bits per heavy atom. The molecule has 12 aliphatic carbocycles. The maximum Gasteiger partial charge on any atom is 0.318 e. The van der Waals surface area contributed by atoms with Gasteiger partial charge in [-0.3, -0.25) is 52.1 Å². The van der Waals surface area contributed by atoms with E-state index in [2.05, 4.69) is 58.1 Å². The van der Waals surface area contributed by atoms with Gasteiger partial charge in [0.25, 0.3) is 10.1 Å². The van der Waals surface area contributed by atoms with Crippen molar-refractivity contribution in [2.45, 2.75) is 161 Å². The zero-order chi connectivity index (χ0) is 66.7. The first-order chi connectivity index (χ1) is 46.6. The van der Waals surface area contributed by atoms with Gasteiger partial charge in [0.1, 0.15) is 48.5 Å². The molecule has 0 aromatic rings. The fraction of sp³-hybridized carbons (Fsp3) is 0.710. The third-order valence-electron chi connectivity index (χ3n) is 26.2. The van der Waals surface area contributed by atoms with E-state index in [0.717, 1.165) is 44.9 Å². The van der Waals surface area contributed by atoms with Crippen LogP contribution < -0.4 is 0 Å². The van der Waals surface area contributed by atoms with E-state index in [0.29, 0.717) is 73.9 Å². The standard InChI is InChI=1S/C11H10O3.2C10H10O3.C9H10O3.C8H10O3.C8H8O3.C7H8O4.C6H8O5S/c12-10-8-4-1-2-5(7-3-6(4)7)9(8)11(13)14-10;2*11-9-7-5-1-2-6(4-3-5)8(7)10(12)13-9;10-8-4-9(5-11-8)3-6-1-2-7(9)12-6;9-6-3-1-4-5(2-3)8(10)11-7(4)6;9-8-7-4(3-10-8)5-1-2-6(7)11-5;8-4-3-1-2-5(10-3)6(4)11-7(2)9;7-4-2-1-3-5(10-2)6(4)11-12(3,8)9/h1-2,4-9H,3H2;2*1-2,5-8H,3-4H2;1-2,6-7H,3-5H2;3-7,9H,1-2H2;1-2,4-7H,3H2;2-6,8H,1H2;2-7H,1H2. The van der Waals surface area contributed by atoms with Crippen LogP contribution in [0.5, 0.6) is 0 Å². The van der Waals surface area contributed by atoms with Crippen molar-refractivity contribution in [3.8, 4) is 0 Å². The van der Waals surface area contributed by atoms with E-state index >= 15 is 0 Å². The predicted octanol–water partition coefficient (Wildman–Crippen LogP) is 0.915. The summed E-state index contributed by atoms with van der Waals surface area (Å²) in [5, 5.41) is 27.9. The second-order valence-corrected chi connectivity index (χ2v) is 32.7. The van der Waals surface area contributed by atoms with Crippen molar-refractivity contribution >= 4 is 69.8 Å². The Bertz CT molecular complexity index is 3520. The minimum Gasteiger partial charge on any atom is -0.465 e. The maximum absolute atomic E-state index is 11.5. The average molecular weight is 1370 g/mol. The Hall–Kier alpha value is -6.37. The van der Waals surface area contributed by atoms with Crippen molar-refractivity contribution in [3.63, 3.8) is 0 Å². The molecule has 28 aliphatic rings. The van der Waals surface area contributed by atoms with Gasteiger partial charge in [0, 0.05) is 17.3 Å². The number of aliphatic hydroxyl groups is 3. The number of rotatable bonds is 0. The number of ether oxygens (including phenoxy) is 11. The van der Waals surface area contributed by atoms with Gasteiger partial charge in [-0.2, -0.15) is 8.42 Å². The Morgan fingerprint density at radius 1 is 0.423 bits per heavy atom. The summed E-state index contributed by atoms with van der Waals surface area (Å²) >= 11 is 0. The fourth-order valence-corrected chi connectivity index (χ4v) is 23.2. The topological polar surface area (TPSA) is 376 Å². The van der Waals surface area contributed by atoms with Crippen molar-refractivity contribution < 1.29 is 128 Å². The van der Waals surface area contributed by atoms with E-state index in [1.54, 1.807) is 0 Å². The SMILES string of the molecule is O=C1CC2(CO1)CC1C=CC2O1.O=C1OC(=O)C2C3C=CC(C4CC34)C12.O=C1OC(=O)C2C3C=CC(CC3)C12.O=C1OC(=O)C2C3C=CC(CC3)C12.O=C1OC2C(O)C3CC1C2C3.O=C1OC2C(O)C3CC1C2O3.O=C1OCC2C3C=CC(O3)C12.O=S1(=O)OC2C(O)C3CC1C2O3. The van der Waals surface area contributed by atoms with Crippen LogP contribution in [0.1, 0.15) is 70.6 Å². The largest absolute Gasteiger partial charge is 0.465 e. The molecule has 518 valence electrons. The van der Waals surface area contributed by atoms with E-state index in [4.69, 9.17) is 46.8 Å². The summed E-state index contributed by atoms with van der Waals surface area (Å²) in [4.78, 5) is 113.